The molecule has 0 saturated carbocycles. The first-order valence-corrected chi connectivity index (χ1v) is 7.17. The van der Waals surface area contributed by atoms with Crippen molar-refractivity contribution >= 4 is 17.4 Å². The molecule has 0 spiro atoms. The Balaban J connectivity index is 2.16. The van der Waals surface area contributed by atoms with Crippen LogP contribution in [0.4, 0.5) is 11.5 Å². The molecule has 0 aliphatic heterocycles. The van der Waals surface area contributed by atoms with Crippen molar-refractivity contribution in [2.75, 3.05) is 19.0 Å². The highest BCUT2D eigenvalue weighted by molar-refractivity contribution is 5.93. The summed E-state index contributed by atoms with van der Waals surface area (Å²) in [6.45, 7) is 4.39. The Bertz CT molecular complexity index is 641. The molecule has 22 heavy (non-hydrogen) atoms. The van der Waals surface area contributed by atoms with Crippen LogP contribution in [0.25, 0.3) is 0 Å². The number of nitrogens with one attached hydrogen (secondary N) is 2. The summed E-state index contributed by atoms with van der Waals surface area (Å²) >= 11 is 0. The van der Waals surface area contributed by atoms with Crippen molar-refractivity contribution in [3.05, 3.63) is 41.9 Å². The van der Waals surface area contributed by atoms with Gasteiger partial charge in [0, 0.05) is 18.3 Å². The van der Waals surface area contributed by atoms with E-state index in [9.17, 15) is 4.79 Å². The molecule has 1 amide bonds. The van der Waals surface area contributed by atoms with Gasteiger partial charge in [-0.2, -0.15) is 0 Å². The van der Waals surface area contributed by atoms with Crippen molar-refractivity contribution in [2.24, 2.45) is 0 Å². The lowest BCUT2D eigenvalue weighted by molar-refractivity contribution is 0.0948. The Morgan fingerprint density at radius 3 is 2.59 bits per heavy atom. The van der Waals surface area contributed by atoms with Crippen LogP contribution in [0.3, 0.4) is 0 Å². The second-order valence-corrected chi connectivity index (χ2v) is 4.80. The van der Waals surface area contributed by atoms with E-state index in [1.807, 2.05) is 31.2 Å². The van der Waals surface area contributed by atoms with Crippen LogP contribution < -0.4 is 15.4 Å². The van der Waals surface area contributed by atoms with E-state index in [1.54, 1.807) is 20.1 Å². The van der Waals surface area contributed by atoms with Gasteiger partial charge in [0.25, 0.3) is 5.91 Å². The molecule has 1 aromatic carbocycles. The van der Waals surface area contributed by atoms with Gasteiger partial charge in [0.05, 0.1) is 7.11 Å². The van der Waals surface area contributed by atoms with Crippen LogP contribution in [0, 0.1) is 6.92 Å². The number of carbonyl (C=O) groups is 1. The molecular formula is C16H20N4O2. The Labute approximate surface area is 129 Å². The summed E-state index contributed by atoms with van der Waals surface area (Å²) < 4.78 is 5.12. The van der Waals surface area contributed by atoms with Gasteiger partial charge in [-0.1, -0.05) is 6.92 Å². The molecule has 2 aromatic rings. The van der Waals surface area contributed by atoms with E-state index in [0.29, 0.717) is 23.9 Å². The number of ether oxygens (including phenoxy) is 1. The summed E-state index contributed by atoms with van der Waals surface area (Å²) in [5.41, 5.74) is 1.22. The molecule has 0 aliphatic rings. The number of nitrogens with zero attached hydrogens (tertiary/aromatic N) is 2. The third kappa shape index (κ3) is 4.18. The second kappa shape index (κ2) is 7.40. The van der Waals surface area contributed by atoms with Crippen molar-refractivity contribution in [1.82, 2.24) is 15.3 Å². The maximum Gasteiger partial charge on any atom is 0.270 e. The van der Waals surface area contributed by atoms with Crippen molar-refractivity contribution in [3.8, 4) is 5.75 Å². The van der Waals surface area contributed by atoms with Crippen LogP contribution in [0.15, 0.2) is 30.3 Å². The average molecular weight is 300 g/mol. The largest absolute Gasteiger partial charge is 0.497 e. The minimum Gasteiger partial charge on any atom is -0.497 e. The highest BCUT2D eigenvalue weighted by Gasteiger charge is 2.10. The van der Waals surface area contributed by atoms with Crippen LogP contribution in [0.5, 0.6) is 5.75 Å². The van der Waals surface area contributed by atoms with Gasteiger partial charge in [0.2, 0.25) is 0 Å². The molecule has 0 aliphatic carbocycles. The maximum absolute atomic E-state index is 12.0. The molecule has 0 fully saturated rings. The number of benzene rings is 1. The van der Waals surface area contributed by atoms with Gasteiger partial charge in [-0.15, -0.1) is 0 Å². The van der Waals surface area contributed by atoms with E-state index >= 15 is 0 Å². The first kappa shape index (κ1) is 15.8. The second-order valence-electron chi connectivity index (χ2n) is 4.80. The Morgan fingerprint density at radius 2 is 1.95 bits per heavy atom. The Kier molecular flexibility index (Phi) is 5.30. The fourth-order valence-corrected chi connectivity index (χ4v) is 1.90. The molecule has 2 rings (SSSR count). The molecule has 0 bridgehead atoms. The van der Waals surface area contributed by atoms with Crippen molar-refractivity contribution in [1.29, 1.82) is 0 Å². The average Bonchev–Trinajstić information content (AvgIpc) is 2.52. The monoisotopic (exact) mass is 300 g/mol. The van der Waals surface area contributed by atoms with E-state index in [-0.39, 0.29) is 5.91 Å². The van der Waals surface area contributed by atoms with E-state index in [2.05, 4.69) is 20.6 Å². The minimum absolute atomic E-state index is 0.190. The van der Waals surface area contributed by atoms with Gasteiger partial charge in [0.1, 0.15) is 23.1 Å². The number of anilines is 2. The first-order chi connectivity index (χ1) is 10.6. The lowest BCUT2D eigenvalue weighted by Gasteiger charge is -2.09. The summed E-state index contributed by atoms with van der Waals surface area (Å²) in [4.78, 5) is 20.5. The van der Waals surface area contributed by atoms with Crippen LogP contribution in [0.2, 0.25) is 0 Å². The van der Waals surface area contributed by atoms with Gasteiger partial charge in [0.15, 0.2) is 0 Å². The Hall–Kier alpha value is -2.63. The predicted octanol–water partition coefficient (Wildman–Crippen LogP) is 2.68. The van der Waals surface area contributed by atoms with E-state index in [4.69, 9.17) is 4.74 Å². The highest BCUT2D eigenvalue weighted by atomic mass is 16.5. The number of aryl methyl sites for hydroxylation is 1. The standard InChI is InChI=1S/C16H20N4O2/c1-4-9-17-16(21)14-10-15(19-11(2)18-14)20-12-5-7-13(22-3)8-6-12/h5-8,10H,4,9H2,1-3H3,(H,17,21)(H,18,19,20). The zero-order valence-electron chi connectivity index (χ0n) is 13.0. The van der Waals surface area contributed by atoms with E-state index < -0.39 is 0 Å². The summed E-state index contributed by atoms with van der Waals surface area (Å²) in [5.74, 6) is 1.72. The fourth-order valence-electron chi connectivity index (χ4n) is 1.90. The molecule has 2 N–H and O–H groups in total. The lowest BCUT2D eigenvalue weighted by atomic mass is 10.3. The van der Waals surface area contributed by atoms with Gasteiger partial charge >= 0.3 is 0 Å². The SMILES string of the molecule is CCCNC(=O)c1cc(Nc2ccc(OC)cc2)nc(C)n1. The maximum atomic E-state index is 12.0. The van der Waals surface area contributed by atoms with Crippen molar-refractivity contribution < 1.29 is 9.53 Å². The molecule has 6 nitrogen and oxygen atoms in total. The highest BCUT2D eigenvalue weighted by Crippen LogP contribution is 2.19. The van der Waals surface area contributed by atoms with Gasteiger partial charge in [-0.25, -0.2) is 9.97 Å². The number of hydrogen-bond donors (Lipinski definition) is 2. The Morgan fingerprint density at radius 1 is 1.23 bits per heavy atom. The molecule has 1 heterocycles. The lowest BCUT2D eigenvalue weighted by Crippen LogP contribution is -2.25. The molecule has 0 atom stereocenters. The fraction of sp³-hybridized carbons (Fsp3) is 0.312. The molecule has 0 unspecified atom stereocenters. The van der Waals surface area contributed by atoms with Crippen molar-refractivity contribution in [2.45, 2.75) is 20.3 Å². The molecule has 6 heteroatoms. The van der Waals surface area contributed by atoms with Gasteiger partial charge in [-0.3, -0.25) is 4.79 Å². The first-order valence-electron chi connectivity index (χ1n) is 7.17. The normalized spacial score (nSPS) is 10.1. The number of carbonyl (C=O) groups excluding carboxylic acids is 1. The minimum atomic E-state index is -0.190. The van der Waals surface area contributed by atoms with Crippen LogP contribution in [-0.4, -0.2) is 29.5 Å². The summed E-state index contributed by atoms with van der Waals surface area (Å²) in [5, 5.41) is 5.97. The summed E-state index contributed by atoms with van der Waals surface area (Å²) in [6, 6.07) is 9.11. The molecule has 0 saturated heterocycles. The summed E-state index contributed by atoms with van der Waals surface area (Å²) in [7, 11) is 1.62. The van der Waals surface area contributed by atoms with E-state index in [1.165, 1.54) is 0 Å². The number of methoxy groups -OCH3 is 1. The smallest absolute Gasteiger partial charge is 0.270 e. The molecular weight excluding hydrogens is 280 g/mol. The number of aromatic nitrogens is 2. The topological polar surface area (TPSA) is 76.1 Å². The zero-order chi connectivity index (χ0) is 15.9. The van der Waals surface area contributed by atoms with Crippen LogP contribution >= 0.6 is 0 Å². The quantitative estimate of drug-likeness (QED) is 0.857. The van der Waals surface area contributed by atoms with E-state index in [0.717, 1.165) is 17.9 Å². The van der Waals surface area contributed by atoms with Crippen LogP contribution in [0.1, 0.15) is 29.7 Å². The third-order valence-electron chi connectivity index (χ3n) is 2.97. The van der Waals surface area contributed by atoms with Crippen LogP contribution in [-0.2, 0) is 0 Å². The third-order valence-corrected chi connectivity index (χ3v) is 2.97. The number of amides is 1. The number of hydrogen-bond acceptors (Lipinski definition) is 5. The number of rotatable bonds is 6. The zero-order valence-corrected chi connectivity index (χ0v) is 13.0. The van der Waals surface area contributed by atoms with Gasteiger partial charge in [-0.05, 0) is 37.6 Å². The molecule has 0 radical (unpaired) electrons. The molecule has 116 valence electrons. The van der Waals surface area contributed by atoms with Gasteiger partial charge < -0.3 is 15.4 Å². The molecule has 1 aromatic heterocycles. The summed E-state index contributed by atoms with van der Waals surface area (Å²) in [6.07, 6.45) is 0.882. The van der Waals surface area contributed by atoms with Crippen molar-refractivity contribution in [3.63, 3.8) is 0 Å². The predicted molar refractivity (Wildman–Crippen MR) is 85.7 cm³/mol.